The van der Waals surface area contributed by atoms with Crippen LogP contribution < -0.4 is 10.5 Å². The third-order valence-corrected chi connectivity index (χ3v) is 2.41. The summed E-state index contributed by atoms with van der Waals surface area (Å²) in [4.78, 5) is 0. The molecule has 16 heavy (non-hydrogen) atoms. The second-order valence-corrected chi connectivity index (χ2v) is 3.85. The van der Waals surface area contributed by atoms with Crippen molar-refractivity contribution in [2.75, 3.05) is 6.61 Å². The summed E-state index contributed by atoms with van der Waals surface area (Å²) in [6, 6.07) is 7.37. The average Bonchev–Trinajstić information content (AvgIpc) is 2.29. The van der Waals surface area contributed by atoms with E-state index in [1.165, 1.54) is 19.3 Å². The lowest BCUT2D eigenvalue weighted by Crippen LogP contribution is -2.11. The molecule has 3 nitrogen and oxygen atoms in total. The van der Waals surface area contributed by atoms with Gasteiger partial charge in [0.25, 0.3) is 0 Å². The molecule has 3 heteroatoms. The standard InChI is InChI=1S/C13H20N2O/c1-2-3-4-5-9-16-12-8-6-7-11(10-12)13(14)15/h6-8,10H,2-5,9H2,1H3,(H3,14,15). The van der Waals surface area contributed by atoms with Gasteiger partial charge in [-0.05, 0) is 18.6 Å². The van der Waals surface area contributed by atoms with Crippen LogP contribution in [0.15, 0.2) is 24.3 Å². The molecule has 0 unspecified atom stereocenters. The Morgan fingerprint density at radius 3 is 2.81 bits per heavy atom. The molecule has 1 rings (SSSR count). The van der Waals surface area contributed by atoms with Gasteiger partial charge in [0.1, 0.15) is 11.6 Å². The van der Waals surface area contributed by atoms with Gasteiger partial charge in [0, 0.05) is 5.56 Å². The van der Waals surface area contributed by atoms with Crippen LogP contribution in [0.4, 0.5) is 0 Å². The fourth-order valence-electron chi connectivity index (χ4n) is 1.47. The first kappa shape index (κ1) is 12.6. The number of nitrogens with one attached hydrogen (secondary N) is 1. The molecule has 1 aromatic rings. The Labute approximate surface area is 97.1 Å². The summed E-state index contributed by atoms with van der Waals surface area (Å²) < 4.78 is 5.59. The first-order valence-corrected chi connectivity index (χ1v) is 5.81. The summed E-state index contributed by atoms with van der Waals surface area (Å²) in [5.41, 5.74) is 6.12. The first-order chi connectivity index (χ1) is 7.74. The van der Waals surface area contributed by atoms with Crippen LogP contribution in [-0.4, -0.2) is 12.4 Å². The Morgan fingerprint density at radius 1 is 1.31 bits per heavy atom. The Kier molecular flexibility index (Phi) is 5.40. The molecule has 0 atom stereocenters. The maximum atomic E-state index is 7.32. The van der Waals surface area contributed by atoms with E-state index >= 15 is 0 Å². The van der Waals surface area contributed by atoms with E-state index in [9.17, 15) is 0 Å². The maximum Gasteiger partial charge on any atom is 0.122 e. The maximum absolute atomic E-state index is 7.32. The number of nitrogens with two attached hydrogens (primary N) is 1. The summed E-state index contributed by atoms with van der Waals surface area (Å²) in [7, 11) is 0. The van der Waals surface area contributed by atoms with Crippen molar-refractivity contribution in [3.8, 4) is 5.75 Å². The zero-order valence-corrected chi connectivity index (χ0v) is 9.83. The van der Waals surface area contributed by atoms with Crippen molar-refractivity contribution >= 4 is 5.84 Å². The number of rotatable bonds is 7. The summed E-state index contributed by atoms with van der Waals surface area (Å²) in [6.07, 6.45) is 4.79. The smallest absolute Gasteiger partial charge is 0.122 e. The predicted molar refractivity (Wildman–Crippen MR) is 67.1 cm³/mol. The minimum absolute atomic E-state index is 0.0800. The minimum atomic E-state index is 0.0800. The Balaban J connectivity index is 2.36. The number of hydrogen-bond donors (Lipinski definition) is 2. The highest BCUT2D eigenvalue weighted by Gasteiger charge is 1.98. The van der Waals surface area contributed by atoms with Crippen molar-refractivity contribution in [1.82, 2.24) is 0 Å². The van der Waals surface area contributed by atoms with Gasteiger partial charge in [-0.3, -0.25) is 5.41 Å². The molecule has 0 spiro atoms. The molecular formula is C13H20N2O. The Morgan fingerprint density at radius 2 is 2.12 bits per heavy atom. The van der Waals surface area contributed by atoms with Crippen LogP contribution in [0.5, 0.6) is 5.75 Å². The largest absolute Gasteiger partial charge is 0.494 e. The molecule has 0 saturated carbocycles. The van der Waals surface area contributed by atoms with E-state index in [0.717, 1.165) is 18.8 Å². The van der Waals surface area contributed by atoms with Gasteiger partial charge in [0.05, 0.1) is 6.61 Å². The van der Waals surface area contributed by atoms with Crippen LogP contribution in [0.3, 0.4) is 0 Å². The highest BCUT2D eigenvalue weighted by molar-refractivity contribution is 5.95. The van der Waals surface area contributed by atoms with E-state index in [-0.39, 0.29) is 5.84 Å². The number of amidine groups is 1. The molecule has 0 aliphatic heterocycles. The van der Waals surface area contributed by atoms with E-state index < -0.39 is 0 Å². The minimum Gasteiger partial charge on any atom is -0.494 e. The molecule has 0 heterocycles. The molecule has 0 aromatic heterocycles. The van der Waals surface area contributed by atoms with Crippen molar-refractivity contribution in [2.24, 2.45) is 5.73 Å². The van der Waals surface area contributed by atoms with Crippen LogP contribution >= 0.6 is 0 Å². The van der Waals surface area contributed by atoms with Gasteiger partial charge in [-0.2, -0.15) is 0 Å². The van der Waals surface area contributed by atoms with Crippen molar-refractivity contribution in [2.45, 2.75) is 32.6 Å². The number of benzene rings is 1. The normalized spacial score (nSPS) is 10.1. The topological polar surface area (TPSA) is 59.1 Å². The molecule has 0 fully saturated rings. The molecule has 0 aliphatic rings. The molecule has 0 radical (unpaired) electrons. The Hall–Kier alpha value is -1.51. The molecule has 0 amide bonds. The number of hydrogen-bond acceptors (Lipinski definition) is 2. The monoisotopic (exact) mass is 220 g/mol. The Bertz CT molecular complexity index is 336. The predicted octanol–water partition coefficient (Wildman–Crippen LogP) is 2.93. The summed E-state index contributed by atoms with van der Waals surface area (Å²) in [5, 5.41) is 7.32. The lowest BCUT2D eigenvalue weighted by atomic mass is 10.2. The lowest BCUT2D eigenvalue weighted by molar-refractivity contribution is 0.305. The summed E-state index contributed by atoms with van der Waals surface area (Å²) >= 11 is 0. The molecule has 88 valence electrons. The zero-order valence-electron chi connectivity index (χ0n) is 9.83. The highest BCUT2D eigenvalue weighted by Crippen LogP contribution is 2.13. The second-order valence-electron chi connectivity index (χ2n) is 3.85. The van der Waals surface area contributed by atoms with Crippen molar-refractivity contribution in [3.05, 3.63) is 29.8 Å². The van der Waals surface area contributed by atoms with Gasteiger partial charge < -0.3 is 10.5 Å². The molecule has 1 aromatic carbocycles. The number of nitrogen functional groups attached to an aromatic ring is 1. The molecule has 0 saturated heterocycles. The van der Waals surface area contributed by atoms with Crippen LogP contribution in [0.25, 0.3) is 0 Å². The van der Waals surface area contributed by atoms with Crippen molar-refractivity contribution in [3.63, 3.8) is 0 Å². The van der Waals surface area contributed by atoms with Crippen molar-refractivity contribution in [1.29, 1.82) is 5.41 Å². The van der Waals surface area contributed by atoms with E-state index in [1.54, 1.807) is 0 Å². The lowest BCUT2D eigenvalue weighted by Gasteiger charge is -2.07. The third kappa shape index (κ3) is 4.34. The third-order valence-electron chi connectivity index (χ3n) is 2.41. The van der Waals surface area contributed by atoms with Gasteiger partial charge >= 0.3 is 0 Å². The van der Waals surface area contributed by atoms with E-state index in [4.69, 9.17) is 15.9 Å². The fourth-order valence-corrected chi connectivity index (χ4v) is 1.47. The quantitative estimate of drug-likeness (QED) is 0.421. The van der Waals surface area contributed by atoms with Gasteiger partial charge in [-0.1, -0.05) is 38.3 Å². The van der Waals surface area contributed by atoms with E-state index in [0.29, 0.717) is 5.56 Å². The second kappa shape index (κ2) is 6.88. The molecule has 0 aliphatic carbocycles. The van der Waals surface area contributed by atoms with Crippen LogP contribution in [0.2, 0.25) is 0 Å². The van der Waals surface area contributed by atoms with Gasteiger partial charge in [0.2, 0.25) is 0 Å². The summed E-state index contributed by atoms with van der Waals surface area (Å²) in [5.74, 6) is 0.876. The highest BCUT2D eigenvalue weighted by atomic mass is 16.5. The van der Waals surface area contributed by atoms with E-state index in [2.05, 4.69) is 6.92 Å². The molecule has 3 N–H and O–H groups in total. The first-order valence-electron chi connectivity index (χ1n) is 5.81. The molecule has 0 bridgehead atoms. The molecular weight excluding hydrogens is 200 g/mol. The van der Waals surface area contributed by atoms with Gasteiger partial charge in [-0.25, -0.2) is 0 Å². The van der Waals surface area contributed by atoms with Crippen LogP contribution in [0, 0.1) is 5.41 Å². The zero-order chi connectivity index (χ0) is 11.8. The fraction of sp³-hybridized carbons (Fsp3) is 0.462. The van der Waals surface area contributed by atoms with E-state index in [1.807, 2.05) is 24.3 Å². The van der Waals surface area contributed by atoms with Crippen LogP contribution in [-0.2, 0) is 0 Å². The average molecular weight is 220 g/mol. The SMILES string of the molecule is CCCCCCOc1cccc(C(=N)N)c1. The number of unbranched alkanes of at least 4 members (excludes halogenated alkanes) is 3. The van der Waals surface area contributed by atoms with Crippen LogP contribution in [0.1, 0.15) is 38.2 Å². The summed E-state index contributed by atoms with van der Waals surface area (Å²) in [6.45, 7) is 2.93. The number of ether oxygens (including phenoxy) is 1. The van der Waals surface area contributed by atoms with Gasteiger partial charge in [-0.15, -0.1) is 0 Å². The van der Waals surface area contributed by atoms with Crippen molar-refractivity contribution < 1.29 is 4.74 Å². The van der Waals surface area contributed by atoms with Gasteiger partial charge in [0.15, 0.2) is 0 Å².